The monoisotopic (exact) mass is 376 g/mol. The summed E-state index contributed by atoms with van der Waals surface area (Å²) in [6.07, 6.45) is 2.94. The zero-order chi connectivity index (χ0) is 14.9. The minimum Gasteiger partial charge on any atom is -0.298 e. The van der Waals surface area contributed by atoms with Crippen LogP contribution in [0.1, 0.15) is 16.1 Å². The van der Waals surface area contributed by atoms with Gasteiger partial charge in [-0.2, -0.15) is 0 Å². The van der Waals surface area contributed by atoms with Crippen molar-refractivity contribution in [3.63, 3.8) is 0 Å². The summed E-state index contributed by atoms with van der Waals surface area (Å²) in [6, 6.07) is 1.59. The Kier molecular flexibility index (Phi) is 4.18. The van der Waals surface area contributed by atoms with E-state index in [9.17, 15) is 13.2 Å². The quantitative estimate of drug-likeness (QED) is 0.841. The zero-order valence-corrected chi connectivity index (χ0v) is 13.3. The fourth-order valence-corrected chi connectivity index (χ4v) is 3.62. The van der Waals surface area contributed by atoms with Gasteiger partial charge in [-0.25, -0.2) is 18.5 Å². The number of hydrogen-bond acceptors (Lipinski definition) is 6. The van der Waals surface area contributed by atoms with Crippen LogP contribution in [-0.2, 0) is 10.0 Å². The molecule has 0 spiro atoms. The molecule has 0 aliphatic carbocycles. The number of amides is 1. The number of nitrogens with one attached hydrogen (secondary N) is 1. The maximum absolute atomic E-state index is 12.0. The van der Waals surface area contributed by atoms with Crippen LogP contribution in [0.15, 0.2) is 27.1 Å². The van der Waals surface area contributed by atoms with Crippen LogP contribution in [0, 0.1) is 6.92 Å². The van der Waals surface area contributed by atoms with Gasteiger partial charge in [0.15, 0.2) is 9.34 Å². The van der Waals surface area contributed by atoms with Crippen LogP contribution in [0.5, 0.6) is 0 Å². The largest absolute Gasteiger partial charge is 0.298 e. The fraction of sp³-hybridized carbons (Fsp3) is 0.100. The lowest BCUT2D eigenvalue weighted by atomic mass is 10.3. The van der Waals surface area contributed by atoms with E-state index in [1.54, 1.807) is 12.3 Å². The van der Waals surface area contributed by atoms with Crippen LogP contribution in [0.2, 0.25) is 0 Å². The summed E-state index contributed by atoms with van der Waals surface area (Å²) in [5, 5.41) is 7.72. The number of pyridine rings is 1. The zero-order valence-electron chi connectivity index (χ0n) is 10.1. The Hall–Kier alpha value is -1.36. The molecular weight excluding hydrogens is 368 g/mol. The van der Waals surface area contributed by atoms with Gasteiger partial charge >= 0.3 is 0 Å². The second-order valence-electron chi connectivity index (χ2n) is 3.78. The van der Waals surface area contributed by atoms with Crippen LogP contribution in [-0.4, -0.2) is 24.3 Å². The van der Waals surface area contributed by atoms with E-state index in [1.807, 2.05) is 0 Å². The predicted molar refractivity (Wildman–Crippen MR) is 78.1 cm³/mol. The van der Waals surface area contributed by atoms with Gasteiger partial charge in [-0.3, -0.25) is 15.1 Å². The first-order valence-electron chi connectivity index (χ1n) is 5.19. The van der Waals surface area contributed by atoms with Crippen molar-refractivity contribution in [2.75, 3.05) is 5.32 Å². The van der Waals surface area contributed by atoms with E-state index >= 15 is 0 Å². The van der Waals surface area contributed by atoms with Gasteiger partial charge in [0, 0.05) is 16.9 Å². The fourth-order valence-electron chi connectivity index (χ4n) is 1.41. The van der Waals surface area contributed by atoms with Crippen molar-refractivity contribution in [1.29, 1.82) is 0 Å². The van der Waals surface area contributed by atoms with E-state index in [0.717, 1.165) is 11.3 Å². The number of rotatable bonds is 3. The van der Waals surface area contributed by atoms with E-state index in [2.05, 4.69) is 31.2 Å². The third kappa shape index (κ3) is 3.39. The smallest absolute Gasteiger partial charge is 0.259 e. The lowest BCUT2D eigenvalue weighted by Gasteiger charge is -2.01. The Bertz CT molecular complexity index is 773. The topological polar surface area (TPSA) is 115 Å². The summed E-state index contributed by atoms with van der Waals surface area (Å²) in [5.41, 5.74) is 0.574. The standard InChI is InChI=1S/C10H9BrN4O3S2/c1-5-9(20(12,17)18)19-10(14-5)15-8(16)6-2-7(11)4-13-3-6/h2-4H,1H3,(H2,12,17,18)(H,14,15,16). The third-order valence-electron chi connectivity index (χ3n) is 2.20. The maximum Gasteiger partial charge on any atom is 0.259 e. The second-order valence-corrected chi connectivity index (χ2v) is 7.45. The summed E-state index contributed by atoms with van der Waals surface area (Å²) in [5.74, 6) is -0.437. The Balaban J connectivity index is 2.25. The molecule has 0 saturated carbocycles. The van der Waals surface area contributed by atoms with Crippen LogP contribution in [0.4, 0.5) is 5.13 Å². The highest BCUT2D eigenvalue weighted by Crippen LogP contribution is 2.26. The van der Waals surface area contributed by atoms with Crippen molar-refractivity contribution in [2.45, 2.75) is 11.1 Å². The van der Waals surface area contributed by atoms with Gasteiger partial charge in [-0.1, -0.05) is 11.3 Å². The number of nitrogens with zero attached hydrogens (tertiary/aromatic N) is 2. The molecule has 10 heteroatoms. The number of nitrogens with two attached hydrogens (primary N) is 1. The molecule has 2 aromatic heterocycles. The molecule has 0 atom stereocenters. The van der Waals surface area contributed by atoms with Gasteiger partial charge in [0.2, 0.25) is 10.0 Å². The number of halogens is 1. The highest BCUT2D eigenvalue weighted by atomic mass is 79.9. The highest BCUT2D eigenvalue weighted by molar-refractivity contribution is 9.10. The molecule has 106 valence electrons. The van der Waals surface area contributed by atoms with E-state index in [4.69, 9.17) is 5.14 Å². The molecule has 2 rings (SSSR count). The normalized spacial score (nSPS) is 11.3. The molecule has 0 aliphatic rings. The summed E-state index contributed by atoms with van der Waals surface area (Å²) in [7, 11) is -3.83. The molecule has 0 aromatic carbocycles. The first-order chi connectivity index (χ1) is 9.27. The Labute approximate surface area is 127 Å². The number of thiazole rings is 1. The van der Waals surface area contributed by atoms with Crippen molar-refractivity contribution in [2.24, 2.45) is 5.14 Å². The van der Waals surface area contributed by atoms with Gasteiger partial charge in [0.05, 0.1) is 11.3 Å². The Morgan fingerprint density at radius 3 is 2.70 bits per heavy atom. The number of hydrogen-bond donors (Lipinski definition) is 2. The second kappa shape index (κ2) is 5.56. The van der Waals surface area contributed by atoms with Gasteiger partial charge in [-0.05, 0) is 28.9 Å². The number of sulfonamides is 1. The molecule has 2 aromatic rings. The highest BCUT2D eigenvalue weighted by Gasteiger charge is 2.19. The maximum atomic E-state index is 12.0. The van der Waals surface area contributed by atoms with Gasteiger partial charge in [0.1, 0.15) is 0 Å². The molecule has 0 aliphatic heterocycles. The Morgan fingerprint density at radius 2 is 2.15 bits per heavy atom. The third-order valence-corrected chi connectivity index (χ3v) is 5.26. The van der Waals surface area contributed by atoms with Crippen LogP contribution < -0.4 is 10.5 Å². The molecule has 0 bridgehead atoms. The summed E-state index contributed by atoms with van der Waals surface area (Å²) >= 11 is 4.01. The van der Waals surface area contributed by atoms with Gasteiger partial charge < -0.3 is 0 Å². The average Bonchev–Trinajstić information content (AvgIpc) is 2.70. The van der Waals surface area contributed by atoms with E-state index in [-0.39, 0.29) is 15.0 Å². The van der Waals surface area contributed by atoms with E-state index in [0.29, 0.717) is 10.0 Å². The van der Waals surface area contributed by atoms with Crippen molar-refractivity contribution >= 4 is 48.3 Å². The van der Waals surface area contributed by atoms with Crippen molar-refractivity contribution in [3.05, 3.63) is 34.2 Å². The molecule has 0 saturated heterocycles. The van der Waals surface area contributed by atoms with Crippen LogP contribution in [0.25, 0.3) is 0 Å². The first-order valence-corrected chi connectivity index (χ1v) is 8.35. The lowest BCUT2D eigenvalue weighted by molar-refractivity contribution is 0.102. The lowest BCUT2D eigenvalue weighted by Crippen LogP contribution is -2.12. The van der Waals surface area contributed by atoms with Crippen molar-refractivity contribution < 1.29 is 13.2 Å². The molecule has 3 N–H and O–H groups in total. The molecule has 1 amide bonds. The number of primary sulfonamides is 1. The van der Waals surface area contributed by atoms with Crippen molar-refractivity contribution in [3.8, 4) is 0 Å². The molecular formula is C10H9BrN4O3S2. The van der Waals surface area contributed by atoms with Crippen LogP contribution in [0.3, 0.4) is 0 Å². The summed E-state index contributed by atoms with van der Waals surface area (Å²) in [6.45, 7) is 1.51. The SMILES string of the molecule is Cc1nc(NC(=O)c2cncc(Br)c2)sc1S(N)(=O)=O. The molecule has 0 radical (unpaired) electrons. The minimum absolute atomic E-state index is 0.0693. The minimum atomic E-state index is -3.83. The molecule has 7 nitrogen and oxygen atoms in total. The molecule has 0 fully saturated rings. The van der Waals surface area contributed by atoms with Gasteiger partial charge in [-0.15, -0.1) is 0 Å². The number of carbonyl (C=O) groups excluding carboxylic acids is 1. The Morgan fingerprint density at radius 1 is 1.45 bits per heavy atom. The number of aryl methyl sites for hydroxylation is 1. The first kappa shape index (κ1) is 15.0. The number of anilines is 1. The molecule has 2 heterocycles. The van der Waals surface area contributed by atoms with Crippen LogP contribution >= 0.6 is 27.3 Å². The summed E-state index contributed by atoms with van der Waals surface area (Å²) in [4.78, 5) is 19.8. The summed E-state index contributed by atoms with van der Waals surface area (Å²) < 4.78 is 23.2. The molecule has 20 heavy (non-hydrogen) atoms. The van der Waals surface area contributed by atoms with E-state index < -0.39 is 15.9 Å². The van der Waals surface area contributed by atoms with Crippen molar-refractivity contribution in [1.82, 2.24) is 9.97 Å². The number of aromatic nitrogens is 2. The predicted octanol–water partition coefficient (Wildman–Crippen LogP) is 1.51. The van der Waals surface area contributed by atoms with E-state index in [1.165, 1.54) is 13.1 Å². The molecule has 0 unspecified atom stereocenters. The average molecular weight is 377 g/mol. The van der Waals surface area contributed by atoms with Gasteiger partial charge in [0.25, 0.3) is 5.91 Å². The number of carbonyl (C=O) groups is 1.